The first-order valence-electron chi connectivity index (χ1n) is 6.38. The molecule has 0 aliphatic heterocycles. The standard InChI is InChI=1S/C15H13Cl2F2NO2/c1-8-5-11(13(21)7-16)9(2)20(8)10-3-4-14(12(17)6-10)22-15(18)19/h3-6,15H,7H2,1-2H3. The second-order valence-electron chi connectivity index (χ2n) is 4.67. The molecular formula is C15H13Cl2F2NO2. The summed E-state index contributed by atoms with van der Waals surface area (Å²) in [4.78, 5) is 11.8. The molecule has 0 saturated heterocycles. The third kappa shape index (κ3) is 3.25. The first-order chi connectivity index (χ1) is 10.3. The second kappa shape index (κ2) is 6.67. The Morgan fingerprint density at radius 2 is 2.00 bits per heavy atom. The van der Waals surface area contributed by atoms with E-state index >= 15 is 0 Å². The number of ketones is 1. The number of halogens is 4. The van der Waals surface area contributed by atoms with Crippen molar-refractivity contribution in [2.75, 3.05) is 5.88 Å². The molecule has 0 unspecified atom stereocenters. The number of hydrogen-bond acceptors (Lipinski definition) is 2. The van der Waals surface area contributed by atoms with E-state index in [1.807, 2.05) is 6.92 Å². The van der Waals surface area contributed by atoms with E-state index in [9.17, 15) is 13.6 Å². The summed E-state index contributed by atoms with van der Waals surface area (Å²) in [5.41, 5.74) is 2.69. The van der Waals surface area contributed by atoms with Crippen molar-refractivity contribution in [2.24, 2.45) is 0 Å². The van der Waals surface area contributed by atoms with Gasteiger partial charge in [-0.1, -0.05) is 11.6 Å². The third-order valence-electron chi connectivity index (χ3n) is 3.24. The minimum Gasteiger partial charge on any atom is -0.433 e. The average molecular weight is 348 g/mol. The molecule has 0 atom stereocenters. The van der Waals surface area contributed by atoms with Gasteiger partial charge in [-0.2, -0.15) is 8.78 Å². The van der Waals surface area contributed by atoms with Gasteiger partial charge in [0.2, 0.25) is 0 Å². The molecule has 7 heteroatoms. The van der Waals surface area contributed by atoms with Gasteiger partial charge in [0.15, 0.2) is 5.78 Å². The second-order valence-corrected chi connectivity index (χ2v) is 5.34. The topological polar surface area (TPSA) is 31.2 Å². The molecule has 0 amide bonds. The minimum absolute atomic E-state index is 0.0653. The number of aryl methyl sites for hydroxylation is 1. The monoisotopic (exact) mass is 347 g/mol. The van der Waals surface area contributed by atoms with Crippen molar-refractivity contribution in [2.45, 2.75) is 20.5 Å². The summed E-state index contributed by atoms with van der Waals surface area (Å²) in [6, 6.07) is 6.20. The van der Waals surface area contributed by atoms with E-state index < -0.39 is 6.61 Å². The van der Waals surface area contributed by atoms with Gasteiger partial charge in [0.05, 0.1) is 10.9 Å². The Labute approximate surface area is 136 Å². The molecule has 0 N–H and O–H groups in total. The number of ether oxygens (including phenoxy) is 1. The Kier molecular flexibility index (Phi) is 5.08. The Balaban J connectivity index is 2.47. The van der Waals surface area contributed by atoms with Gasteiger partial charge in [0, 0.05) is 22.6 Å². The summed E-state index contributed by atoms with van der Waals surface area (Å²) >= 11 is 11.6. The molecule has 22 heavy (non-hydrogen) atoms. The average Bonchev–Trinajstić information content (AvgIpc) is 2.75. The molecule has 118 valence electrons. The third-order valence-corrected chi connectivity index (χ3v) is 3.78. The van der Waals surface area contributed by atoms with E-state index in [0.29, 0.717) is 16.9 Å². The number of alkyl halides is 3. The number of aromatic nitrogens is 1. The van der Waals surface area contributed by atoms with Crippen LogP contribution in [-0.2, 0) is 0 Å². The van der Waals surface area contributed by atoms with Gasteiger partial charge >= 0.3 is 6.61 Å². The van der Waals surface area contributed by atoms with Crippen molar-refractivity contribution in [3.8, 4) is 11.4 Å². The zero-order valence-corrected chi connectivity index (χ0v) is 13.4. The molecular weight excluding hydrogens is 335 g/mol. The van der Waals surface area contributed by atoms with Crippen LogP contribution in [-0.4, -0.2) is 22.8 Å². The van der Waals surface area contributed by atoms with Crippen LogP contribution in [0, 0.1) is 13.8 Å². The molecule has 3 nitrogen and oxygen atoms in total. The lowest BCUT2D eigenvalue weighted by atomic mass is 10.2. The van der Waals surface area contributed by atoms with Crippen LogP contribution in [0.4, 0.5) is 8.78 Å². The van der Waals surface area contributed by atoms with Crippen molar-refractivity contribution < 1.29 is 18.3 Å². The van der Waals surface area contributed by atoms with E-state index in [4.69, 9.17) is 23.2 Å². The van der Waals surface area contributed by atoms with Gasteiger partial charge in [-0.05, 0) is 38.1 Å². The highest BCUT2D eigenvalue weighted by molar-refractivity contribution is 6.32. The van der Waals surface area contributed by atoms with Crippen LogP contribution in [0.2, 0.25) is 5.02 Å². The predicted octanol–water partition coefficient (Wildman–Crippen LogP) is 4.77. The van der Waals surface area contributed by atoms with Crippen LogP contribution in [0.15, 0.2) is 24.3 Å². The normalized spacial score (nSPS) is 11.0. The highest BCUT2D eigenvalue weighted by Gasteiger charge is 2.17. The Morgan fingerprint density at radius 1 is 1.32 bits per heavy atom. The van der Waals surface area contributed by atoms with Crippen LogP contribution in [0.1, 0.15) is 21.7 Å². The SMILES string of the molecule is Cc1cc(C(=O)CCl)c(C)n1-c1ccc(OC(F)F)c(Cl)c1. The summed E-state index contributed by atoms with van der Waals surface area (Å²) < 4.78 is 30.6. The zero-order chi connectivity index (χ0) is 16.4. The van der Waals surface area contributed by atoms with Crippen molar-refractivity contribution >= 4 is 29.0 Å². The van der Waals surface area contributed by atoms with Gasteiger partial charge in [0.1, 0.15) is 5.75 Å². The van der Waals surface area contributed by atoms with E-state index in [1.165, 1.54) is 12.1 Å². The molecule has 0 fully saturated rings. The summed E-state index contributed by atoms with van der Waals surface area (Å²) in [6.45, 7) is 0.672. The quantitative estimate of drug-likeness (QED) is 0.576. The number of rotatable bonds is 5. The summed E-state index contributed by atoms with van der Waals surface area (Å²) in [5, 5.41) is 0.0653. The van der Waals surface area contributed by atoms with Crippen LogP contribution < -0.4 is 4.74 Å². The Morgan fingerprint density at radius 3 is 2.55 bits per heavy atom. The van der Waals surface area contributed by atoms with Crippen molar-refractivity contribution in [3.05, 3.63) is 46.2 Å². The maximum Gasteiger partial charge on any atom is 0.387 e. The number of nitrogens with zero attached hydrogens (tertiary/aromatic N) is 1. The van der Waals surface area contributed by atoms with Crippen molar-refractivity contribution in [1.82, 2.24) is 4.57 Å². The molecule has 2 rings (SSSR count). The molecule has 0 radical (unpaired) electrons. The number of benzene rings is 1. The summed E-state index contributed by atoms with van der Waals surface area (Å²) in [7, 11) is 0. The van der Waals surface area contributed by atoms with Crippen LogP contribution in [0.5, 0.6) is 5.75 Å². The lowest BCUT2D eigenvalue weighted by molar-refractivity contribution is -0.0497. The molecule has 0 bridgehead atoms. The zero-order valence-electron chi connectivity index (χ0n) is 11.9. The van der Waals surface area contributed by atoms with Crippen LogP contribution in [0.25, 0.3) is 5.69 Å². The Bertz CT molecular complexity index is 714. The summed E-state index contributed by atoms with van der Waals surface area (Å²) in [6.07, 6.45) is 0. The van der Waals surface area contributed by atoms with E-state index in [0.717, 1.165) is 5.69 Å². The molecule has 2 aromatic rings. The van der Waals surface area contributed by atoms with Crippen LogP contribution in [0.3, 0.4) is 0 Å². The van der Waals surface area contributed by atoms with E-state index in [1.54, 1.807) is 23.6 Å². The minimum atomic E-state index is -2.94. The van der Waals surface area contributed by atoms with Gasteiger partial charge in [-0.25, -0.2) is 0 Å². The smallest absolute Gasteiger partial charge is 0.387 e. The lowest BCUT2D eigenvalue weighted by Crippen LogP contribution is -2.05. The largest absolute Gasteiger partial charge is 0.433 e. The van der Waals surface area contributed by atoms with Crippen molar-refractivity contribution in [1.29, 1.82) is 0 Å². The fraction of sp³-hybridized carbons (Fsp3) is 0.267. The highest BCUT2D eigenvalue weighted by Crippen LogP contribution is 2.30. The van der Waals surface area contributed by atoms with Gasteiger partial charge in [-0.15, -0.1) is 11.6 Å². The maximum absolute atomic E-state index is 12.2. The fourth-order valence-electron chi connectivity index (χ4n) is 2.33. The molecule has 0 saturated carbocycles. The summed E-state index contributed by atoms with van der Waals surface area (Å²) in [5.74, 6) is -0.378. The Hall–Kier alpha value is -1.59. The maximum atomic E-state index is 12.2. The number of Topliss-reactive ketones (excluding diaryl/α,β-unsaturated/α-hetero) is 1. The molecule has 0 aliphatic rings. The number of carbonyl (C=O) groups is 1. The number of hydrogen-bond donors (Lipinski definition) is 0. The van der Waals surface area contributed by atoms with E-state index in [2.05, 4.69) is 4.74 Å². The fourth-order valence-corrected chi connectivity index (χ4v) is 2.70. The molecule has 1 heterocycles. The van der Waals surface area contributed by atoms with Crippen LogP contribution >= 0.6 is 23.2 Å². The molecule has 0 spiro atoms. The number of carbonyl (C=O) groups excluding carboxylic acids is 1. The van der Waals surface area contributed by atoms with Crippen molar-refractivity contribution in [3.63, 3.8) is 0 Å². The predicted molar refractivity (Wildman–Crippen MR) is 81.9 cm³/mol. The van der Waals surface area contributed by atoms with Gasteiger partial charge in [-0.3, -0.25) is 4.79 Å². The van der Waals surface area contributed by atoms with Gasteiger partial charge in [0.25, 0.3) is 0 Å². The molecule has 0 aliphatic carbocycles. The molecule has 1 aromatic carbocycles. The highest BCUT2D eigenvalue weighted by atomic mass is 35.5. The lowest BCUT2D eigenvalue weighted by Gasteiger charge is -2.12. The molecule has 1 aromatic heterocycles. The van der Waals surface area contributed by atoms with Gasteiger partial charge < -0.3 is 9.30 Å². The van der Waals surface area contributed by atoms with E-state index in [-0.39, 0.29) is 22.4 Å². The first-order valence-corrected chi connectivity index (χ1v) is 7.29. The first kappa shape index (κ1) is 16.8.